The molecule has 2 unspecified atom stereocenters. The lowest BCUT2D eigenvalue weighted by molar-refractivity contribution is 0.0424. The number of ether oxygens (including phenoxy) is 2. The summed E-state index contributed by atoms with van der Waals surface area (Å²) >= 11 is 0. The third-order valence-corrected chi connectivity index (χ3v) is 7.31. The van der Waals surface area contributed by atoms with Gasteiger partial charge in [-0.3, -0.25) is 0 Å². The third-order valence-electron chi connectivity index (χ3n) is 7.31. The maximum Gasteiger partial charge on any atom is 0.164 e. The molecule has 0 saturated carbocycles. The molecule has 2 atom stereocenters. The maximum absolute atomic E-state index is 10.0. The Kier molecular flexibility index (Phi) is 7.11. The standard InChI is InChI=1S/C26H38N6O3/c1-18-23(28-20-7-10-34-13-20)29-24(19-5-4-6-22(11-19)35-14-21(33)12-27-2)30-25(18)32-9-8-26(17-32)15-31(3)16-26/h4-6,11,20-21,27,33H,7-10,12-17H2,1-3H3,(H,28,29,30). The molecule has 5 rings (SSSR count). The number of anilines is 2. The van der Waals surface area contributed by atoms with Gasteiger partial charge in [-0.15, -0.1) is 0 Å². The molecule has 9 heteroatoms. The molecule has 3 fully saturated rings. The quantitative estimate of drug-likeness (QED) is 0.494. The first-order chi connectivity index (χ1) is 16.9. The van der Waals surface area contributed by atoms with Gasteiger partial charge in [0.05, 0.1) is 12.6 Å². The van der Waals surface area contributed by atoms with Crippen molar-refractivity contribution in [3.63, 3.8) is 0 Å². The van der Waals surface area contributed by atoms with E-state index in [2.05, 4.69) is 34.4 Å². The Morgan fingerprint density at radius 2 is 2.14 bits per heavy atom. The molecule has 35 heavy (non-hydrogen) atoms. The van der Waals surface area contributed by atoms with Gasteiger partial charge in [-0.2, -0.15) is 0 Å². The first-order valence-corrected chi connectivity index (χ1v) is 12.7. The van der Waals surface area contributed by atoms with Gasteiger partial charge in [-0.05, 0) is 46.0 Å². The summed E-state index contributed by atoms with van der Waals surface area (Å²) in [6, 6.07) is 8.08. The number of likely N-dealkylation sites (N-methyl/N-ethyl adjacent to an activating group) is 1. The summed E-state index contributed by atoms with van der Waals surface area (Å²) in [6.45, 7) is 8.68. The van der Waals surface area contributed by atoms with E-state index in [9.17, 15) is 5.11 Å². The number of rotatable bonds is 9. The average Bonchev–Trinajstić information content (AvgIpc) is 3.50. The number of nitrogens with one attached hydrogen (secondary N) is 2. The fourth-order valence-electron chi connectivity index (χ4n) is 5.61. The van der Waals surface area contributed by atoms with Gasteiger partial charge >= 0.3 is 0 Å². The Bertz CT molecular complexity index is 1020. The molecule has 190 valence electrons. The first-order valence-electron chi connectivity index (χ1n) is 12.7. The summed E-state index contributed by atoms with van der Waals surface area (Å²) in [5.74, 6) is 3.26. The lowest BCUT2D eigenvalue weighted by Crippen LogP contribution is -2.55. The highest BCUT2D eigenvalue weighted by Gasteiger charge is 2.46. The summed E-state index contributed by atoms with van der Waals surface area (Å²) in [5.41, 5.74) is 2.38. The van der Waals surface area contributed by atoms with Crippen LogP contribution in [0.5, 0.6) is 5.75 Å². The molecular weight excluding hydrogens is 444 g/mol. The lowest BCUT2D eigenvalue weighted by Gasteiger charge is -2.46. The minimum Gasteiger partial charge on any atom is -0.491 e. The fourth-order valence-corrected chi connectivity index (χ4v) is 5.61. The van der Waals surface area contributed by atoms with Gasteiger partial charge < -0.3 is 35.0 Å². The van der Waals surface area contributed by atoms with Crippen molar-refractivity contribution in [1.82, 2.24) is 20.2 Å². The van der Waals surface area contributed by atoms with Crippen LogP contribution in [0, 0.1) is 12.3 Å². The molecule has 0 amide bonds. The van der Waals surface area contributed by atoms with Gasteiger partial charge in [0.1, 0.15) is 30.1 Å². The SMILES string of the molecule is CNCC(O)COc1cccc(-c2nc(NC3CCOC3)c(C)c(N3CCC4(CN(C)C4)C3)n2)c1. The molecule has 3 aliphatic heterocycles. The van der Waals surface area contributed by atoms with Gasteiger partial charge in [0.25, 0.3) is 0 Å². The Hall–Kier alpha value is -2.46. The minimum absolute atomic E-state index is 0.225. The number of aliphatic hydroxyl groups excluding tert-OH is 1. The predicted molar refractivity (Wildman–Crippen MR) is 137 cm³/mol. The van der Waals surface area contributed by atoms with Crippen LogP contribution in [0.15, 0.2) is 24.3 Å². The average molecular weight is 483 g/mol. The maximum atomic E-state index is 10.0. The van der Waals surface area contributed by atoms with Crippen molar-refractivity contribution in [2.45, 2.75) is 31.9 Å². The summed E-state index contributed by atoms with van der Waals surface area (Å²) in [5, 5.41) is 16.6. The Morgan fingerprint density at radius 3 is 2.89 bits per heavy atom. The molecule has 0 bridgehead atoms. The van der Waals surface area contributed by atoms with Crippen LogP contribution in [0.3, 0.4) is 0 Å². The molecule has 1 spiro atoms. The molecule has 2 aromatic rings. The van der Waals surface area contributed by atoms with Crippen molar-refractivity contribution in [3.8, 4) is 17.1 Å². The zero-order valence-corrected chi connectivity index (χ0v) is 21.1. The van der Waals surface area contributed by atoms with E-state index in [-0.39, 0.29) is 12.6 Å². The van der Waals surface area contributed by atoms with E-state index in [0.717, 1.165) is 62.0 Å². The number of aliphatic hydroxyl groups is 1. The second-order valence-electron chi connectivity index (χ2n) is 10.4. The number of nitrogens with zero attached hydrogens (tertiary/aromatic N) is 4. The monoisotopic (exact) mass is 482 g/mol. The van der Waals surface area contributed by atoms with Crippen LogP contribution >= 0.6 is 0 Å². The molecule has 3 saturated heterocycles. The Balaban J connectivity index is 1.43. The summed E-state index contributed by atoms with van der Waals surface area (Å²) in [7, 11) is 4.01. The van der Waals surface area contributed by atoms with E-state index >= 15 is 0 Å². The van der Waals surface area contributed by atoms with Crippen molar-refractivity contribution in [2.24, 2.45) is 5.41 Å². The molecule has 0 aliphatic carbocycles. The van der Waals surface area contributed by atoms with Crippen molar-refractivity contribution in [1.29, 1.82) is 0 Å². The topological polar surface area (TPSA) is 95.0 Å². The van der Waals surface area contributed by atoms with Gasteiger partial charge in [0, 0.05) is 55.9 Å². The van der Waals surface area contributed by atoms with Crippen LogP contribution in [0.2, 0.25) is 0 Å². The zero-order valence-electron chi connectivity index (χ0n) is 21.1. The largest absolute Gasteiger partial charge is 0.491 e. The second-order valence-corrected chi connectivity index (χ2v) is 10.4. The number of hydrogen-bond acceptors (Lipinski definition) is 9. The van der Waals surface area contributed by atoms with Crippen LogP contribution in [0.1, 0.15) is 18.4 Å². The summed E-state index contributed by atoms with van der Waals surface area (Å²) in [4.78, 5) is 14.9. The molecule has 4 heterocycles. The van der Waals surface area contributed by atoms with Gasteiger partial charge in [0.15, 0.2) is 5.82 Å². The van der Waals surface area contributed by atoms with Crippen LogP contribution in [-0.2, 0) is 4.74 Å². The Morgan fingerprint density at radius 1 is 1.29 bits per heavy atom. The van der Waals surface area contributed by atoms with Crippen molar-refractivity contribution in [3.05, 3.63) is 29.8 Å². The molecule has 0 radical (unpaired) electrons. The molecule has 3 aliphatic rings. The number of likely N-dealkylation sites (tertiary alicyclic amines) is 1. The second kappa shape index (κ2) is 10.3. The number of benzene rings is 1. The smallest absolute Gasteiger partial charge is 0.164 e. The number of aromatic nitrogens is 2. The van der Waals surface area contributed by atoms with Gasteiger partial charge in [-0.1, -0.05) is 12.1 Å². The molecule has 9 nitrogen and oxygen atoms in total. The van der Waals surface area contributed by atoms with Crippen LogP contribution in [0.25, 0.3) is 11.4 Å². The summed E-state index contributed by atoms with van der Waals surface area (Å²) < 4.78 is 11.4. The molecule has 1 aromatic carbocycles. The predicted octanol–water partition coefficient (Wildman–Crippen LogP) is 1.75. The van der Waals surface area contributed by atoms with Crippen LogP contribution in [0.4, 0.5) is 11.6 Å². The molecule has 3 N–H and O–H groups in total. The summed E-state index contributed by atoms with van der Waals surface area (Å²) in [6.07, 6.45) is 1.61. The normalized spacial score (nSPS) is 22.4. The van der Waals surface area contributed by atoms with Gasteiger partial charge in [0.2, 0.25) is 0 Å². The van der Waals surface area contributed by atoms with E-state index in [0.29, 0.717) is 30.1 Å². The van der Waals surface area contributed by atoms with Crippen LogP contribution < -0.4 is 20.3 Å². The fraction of sp³-hybridized carbons (Fsp3) is 0.615. The van der Waals surface area contributed by atoms with E-state index in [1.54, 1.807) is 0 Å². The lowest BCUT2D eigenvalue weighted by atomic mass is 9.79. The zero-order chi connectivity index (χ0) is 24.4. The van der Waals surface area contributed by atoms with E-state index in [1.165, 1.54) is 6.42 Å². The Labute approximate surface area is 207 Å². The molecular formula is C26H38N6O3. The first kappa shape index (κ1) is 24.2. The molecule has 1 aromatic heterocycles. The minimum atomic E-state index is -0.566. The van der Waals surface area contributed by atoms with Crippen molar-refractivity contribution < 1.29 is 14.6 Å². The van der Waals surface area contributed by atoms with Crippen molar-refractivity contribution in [2.75, 3.05) is 76.9 Å². The van der Waals surface area contributed by atoms with Crippen molar-refractivity contribution >= 4 is 11.6 Å². The van der Waals surface area contributed by atoms with E-state index in [4.69, 9.17) is 19.4 Å². The highest BCUT2D eigenvalue weighted by Crippen LogP contribution is 2.41. The van der Waals surface area contributed by atoms with Gasteiger partial charge in [-0.25, -0.2) is 9.97 Å². The number of hydrogen-bond donors (Lipinski definition) is 3. The highest BCUT2D eigenvalue weighted by atomic mass is 16.5. The van der Waals surface area contributed by atoms with E-state index < -0.39 is 6.10 Å². The highest BCUT2D eigenvalue weighted by molar-refractivity contribution is 5.67. The van der Waals surface area contributed by atoms with E-state index in [1.807, 2.05) is 31.3 Å². The third kappa shape index (κ3) is 5.38. The van der Waals surface area contributed by atoms with Crippen LogP contribution in [-0.4, -0.2) is 98.8 Å².